The second-order valence-electron chi connectivity index (χ2n) is 8.12. The van der Waals surface area contributed by atoms with E-state index >= 15 is 0 Å². The molecule has 0 saturated heterocycles. The third-order valence-electron chi connectivity index (χ3n) is 5.41. The molecule has 0 saturated carbocycles. The van der Waals surface area contributed by atoms with E-state index in [0.29, 0.717) is 33.9 Å². The van der Waals surface area contributed by atoms with Gasteiger partial charge in [0.1, 0.15) is 0 Å². The molecule has 3 N–H and O–H groups in total. The third-order valence-corrected chi connectivity index (χ3v) is 8.76. The first-order chi connectivity index (χ1) is 17.5. The van der Waals surface area contributed by atoms with Crippen LogP contribution in [0.2, 0.25) is 0 Å². The number of primary sulfonamides is 1. The predicted molar refractivity (Wildman–Crippen MR) is 141 cm³/mol. The third kappa shape index (κ3) is 6.14. The number of rotatable bonds is 8. The number of nitrogens with zero attached hydrogens (tertiary/aromatic N) is 2. The number of ether oxygens (including phenoxy) is 1. The summed E-state index contributed by atoms with van der Waals surface area (Å²) < 4.78 is 58.7. The molecule has 10 nitrogen and oxygen atoms in total. The van der Waals surface area contributed by atoms with Crippen LogP contribution in [0.5, 0.6) is 0 Å². The van der Waals surface area contributed by atoms with Crippen LogP contribution in [0.15, 0.2) is 81.5 Å². The lowest BCUT2D eigenvalue weighted by molar-refractivity contribution is 0.0997. The lowest BCUT2D eigenvalue weighted by Crippen LogP contribution is -2.19. The van der Waals surface area contributed by atoms with Gasteiger partial charge < -0.3 is 9.30 Å². The summed E-state index contributed by atoms with van der Waals surface area (Å²) in [6.45, 7) is 2.60. The molecule has 194 valence electrons. The monoisotopic (exact) mass is 560 g/mol. The molecule has 1 heterocycles. The molecule has 1 aromatic heterocycles. The smallest absolute Gasteiger partial charge is 0.279 e. The fourth-order valence-electron chi connectivity index (χ4n) is 3.48. The zero-order valence-electron chi connectivity index (χ0n) is 19.9. The highest BCUT2D eigenvalue weighted by Crippen LogP contribution is 2.22. The van der Waals surface area contributed by atoms with Crippen LogP contribution in [0.1, 0.15) is 15.9 Å². The van der Waals surface area contributed by atoms with E-state index in [-0.39, 0.29) is 15.4 Å². The summed E-state index contributed by atoms with van der Waals surface area (Å²) in [5.41, 5.74) is 2.17. The van der Waals surface area contributed by atoms with E-state index in [0.717, 1.165) is 16.9 Å². The van der Waals surface area contributed by atoms with Crippen LogP contribution in [-0.4, -0.2) is 41.0 Å². The number of thiazole rings is 1. The standard InChI is InChI=1S/C24H24N4O6S3/c1-16-3-9-19(10-4-16)37(32,33)27-18-7-5-17(6-8-18)23(29)26-24-28(13-14-34-2)21-12-11-20(36(25,30)31)15-22(21)35-24/h3-12,15,27H,13-14H2,1-2H3,(H2,25,30,31). The fourth-order valence-corrected chi connectivity index (χ4v) is 6.25. The number of sulfonamides is 2. The van der Waals surface area contributed by atoms with Gasteiger partial charge >= 0.3 is 0 Å². The fraction of sp³-hybridized carbons (Fsp3) is 0.167. The van der Waals surface area contributed by atoms with Crippen molar-refractivity contribution in [3.63, 3.8) is 0 Å². The highest BCUT2D eigenvalue weighted by molar-refractivity contribution is 7.92. The summed E-state index contributed by atoms with van der Waals surface area (Å²) in [6.07, 6.45) is 0. The summed E-state index contributed by atoms with van der Waals surface area (Å²) in [6, 6.07) is 16.8. The molecular weight excluding hydrogens is 536 g/mol. The van der Waals surface area contributed by atoms with Crippen LogP contribution in [0.3, 0.4) is 0 Å². The average Bonchev–Trinajstić information content (AvgIpc) is 3.18. The molecule has 0 atom stereocenters. The molecule has 13 heteroatoms. The number of carbonyl (C=O) groups is 1. The Balaban J connectivity index is 1.63. The minimum atomic E-state index is -3.89. The van der Waals surface area contributed by atoms with E-state index in [1.165, 1.54) is 48.5 Å². The molecule has 0 aliphatic carbocycles. The second-order valence-corrected chi connectivity index (χ2v) is 12.4. The van der Waals surface area contributed by atoms with E-state index < -0.39 is 26.0 Å². The van der Waals surface area contributed by atoms with Crippen molar-refractivity contribution in [1.29, 1.82) is 0 Å². The topological polar surface area (TPSA) is 150 Å². The van der Waals surface area contributed by atoms with Crippen molar-refractivity contribution in [3.05, 3.63) is 82.7 Å². The summed E-state index contributed by atoms with van der Waals surface area (Å²) in [7, 11) is -6.12. The Hall–Kier alpha value is -3.36. The van der Waals surface area contributed by atoms with E-state index in [1.54, 1.807) is 29.9 Å². The average molecular weight is 561 g/mol. The molecule has 4 rings (SSSR count). The summed E-state index contributed by atoms with van der Waals surface area (Å²) in [5, 5.41) is 5.25. The van der Waals surface area contributed by atoms with Gasteiger partial charge in [0.2, 0.25) is 10.0 Å². The second kappa shape index (κ2) is 10.6. The Kier molecular flexibility index (Phi) is 7.62. The number of hydrogen-bond donors (Lipinski definition) is 2. The van der Waals surface area contributed by atoms with Crippen LogP contribution in [-0.2, 0) is 31.3 Å². The molecule has 0 spiro atoms. The van der Waals surface area contributed by atoms with Crippen LogP contribution in [0, 0.1) is 6.92 Å². The number of nitrogens with one attached hydrogen (secondary N) is 1. The van der Waals surface area contributed by atoms with Gasteiger partial charge in [-0.2, -0.15) is 4.99 Å². The van der Waals surface area contributed by atoms with Gasteiger partial charge in [0, 0.05) is 24.9 Å². The van der Waals surface area contributed by atoms with Crippen molar-refractivity contribution in [3.8, 4) is 0 Å². The maximum atomic E-state index is 12.9. The van der Waals surface area contributed by atoms with E-state index in [4.69, 9.17) is 9.88 Å². The minimum absolute atomic E-state index is 0.0401. The Labute approximate surface area is 218 Å². The molecule has 0 bridgehead atoms. The molecule has 4 aromatic rings. The largest absolute Gasteiger partial charge is 0.383 e. The van der Waals surface area contributed by atoms with Gasteiger partial charge in [0.05, 0.1) is 26.6 Å². The Morgan fingerprint density at radius 3 is 2.27 bits per heavy atom. The van der Waals surface area contributed by atoms with Gasteiger partial charge in [-0.15, -0.1) is 0 Å². The number of carbonyl (C=O) groups excluding carboxylic acids is 1. The number of aryl methyl sites for hydroxylation is 1. The summed E-state index contributed by atoms with van der Waals surface area (Å²) in [4.78, 5) is 17.6. The van der Waals surface area contributed by atoms with Crippen molar-refractivity contribution in [2.24, 2.45) is 10.1 Å². The number of nitrogens with two attached hydrogens (primary N) is 1. The maximum absolute atomic E-state index is 12.9. The number of amides is 1. The molecule has 0 aliphatic heterocycles. The molecular formula is C24H24N4O6S3. The minimum Gasteiger partial charge on any atom is -0.383 e. The Bertz CT molecular complexity index is 1740. The van der Waals surface area contributed by atoms with Crippen LogP contribution >= 0.6 is 11.3 Å². The van der Waals surface area contributed by atoms with Crippen molar-refractivity contribution < 1.29 is 26.4 Å². The van der Waals surface area contributed by atoms with Crippen LogP contribution in [0.25, 0.3) is 10.2 Å². The van der Waals surface area contributed by atoms with Gasteiger partial charge in [-0.05, 0) is 61.5 Å². The van der Waals surface area contributed by atoms with Gasteiger partial charge in [0.15, 0.2) is 4.80 Å². The lowest BCUT2D eigenvalue weighted by Gasteiger charge is -2.08. The quantitative estimate of drug-likeness (QED) is 0.338. The van der Waals surface area contributed by atoms with Crippen LogP contribution in [0.4, 0.5) is 5.69 Å². The lowest BCUT2D eigenvalue weighted by atomic mass is 10.2. The number of benzene rings is 3. The van der Waals surface area contributed by atoms with Gasteiger partial charge in [0.25, 0.3) is 15.9 Å². The number of methoxy groups -OCH3 is 1. The molecule has 0 aliphatic rings. The number of aromatic nitrogens is 1. The first-order valence-electron chi connectivity index (χ1n) is 10.9. The van der Waals surface area contributed by atoms with Crippen LogP contribution < -0.4 is 14.7 Å². The molecule has 3 aromatic carbocycles. The predicted octanol–water partition coefficient (Wildman–Crippen LogP) is 2.85. The Morgan fingerprint density at radius 2 is 1.65 bits per heavy atom. The van der Waals surface area contributed by atoms with Crippen molar-refractivity contribution in [1.82, 2.24) is 4.57 Å². The molecule has 37 heavy (non-hydrogen) atoms. The normalized spacial score (nSPS) is 12.7. The Morgan fingerprint density at radius 1 is 1.00 bits per heavy atom. The molecule has 0 fully saturated rings. The van der Waals surface area contributed by atoms with Gasteiger partial charge in [-0.25, -0.2) is 22.0 Å². The van der Waals surface area contributed by atoms with E-state index in [9.17, 15) is 21.6 Å². The SMILES string of the molecule is COCCn1c(=NC(=O)c2ccc(NS(=O)(=O)c3ccc(C)cc3)cc2)sc2cc(S(N)(=O)=O)ccc21. The first kappa shape index (κ1) is 26.7. The van der Waals surface area contributed by atoms with E-state index in [2.05, 4.69) is 9.71 Å². The summed E-state index contributed by atoms with van der Waals surface area (Å²) in [5.74, 6) is -0.544. The highest BCUT2D eigenvalue weighted by Gasteiger charge is 2.16. The molecule has 0 unspecified atom stereocenters. The first-order valence-corrected chi connectivity index (χ1v) is 14.8. The number of fused-ring (bicyclic) bond motifs is 1. The highest BCUT2D eigenvalue weighted by atomic mass is 32.2. The molecule has 0 radical (unpaired) electrons. The van der Waals surface area contributed by atoms with Gasteiger partial charge in [-0.3, -0.25) is 9.52 Å². The maximum Gasteiger partial charge on any atom is 0.279 e. The zero-order chi connectivity index (χ0) is 26.8. The zero-order valence-corrected chi connectivity index (χ0v) is 22.4. The number of anilines is 1. The summed E-state index contributed by atoms with van der Waals surface area (Å²) >= 11 is 1.15. The van der Waals surface area contributed by atoms with Gasteiger partial charge in [-0.1, -0.05) is 29.0 Å². The number of hydrogen-bond acceptors (Lipinski definition) is 7. The van der Waals surface area contributed by atoms with Crippen molar-refractivity contribution in [2.45, 2.75) is 23.3 Å². The van der Waals surface area contributed by atoms with Crippen molar-refractivity contribution in [2.75, 3.05) is 18.4 Å². The molecule has 1 amide bonds. The van der Waals surface area contributed by atoms with Crippen molar-refractivity contribution >= 4 is 53.2 Å². The van der Waals surface area contributed by atoms with E-state index in [1.807, 2.05) is 6.92 Å².